The van der Waals surface area contributed by atoms with Gasteiger partial charge in [-0.1, -0.05) is 0 Å². The second kappa shape index (κ2) is 6.26. The van der Waals surface area contributed by atoms with Crippen molar-refractivity contribution in [2.45, 2.75) is 12.8 Å². The number of amides is 2. The summed E-state index contributed by atoms with van der Waals surface area (Å²) in [7, 11) is 1.35. The van der Waals surface area contributed by atoms with Gasteiger partial charge in [-0.15, -0.1) is 0 Å². The molecule has 0 aliphatic carbocycles. The van der Waals surface area contributed by atoms with Crippen molar-refractivity contribution in [2.75, 3.05) is 26.7 Å². The number of alkyl carbamates (subject to hydrolysis) is 1. The Morgan fingerprint density at radius 1 is 1.47 bits per heavy atom. The third kappa shape index (κ3) is 3.49. The molecule has 2 rings (SSSR count). The quantitative estimate of drug-likeness (QED) is 0.899. The third-order valence-electron chi connectivity index (χ3n) is 3.39. The molecule has 6 heteroatoms. The van der Waals surface area contributed by atoms with E-state index in [0.29, 0.717) is 31.1 Å². The number of likely N-dealkylation sites (tertiary alicyclic amines) is 1. The van der Waals surface area contributed by atoms with Crippen molar-refractivity contribution in [1.29, 1.82) is 0 Å². The minimum atomic E-state index is -0.406. The van der Waals surface area contributed by atoms with Crippen LogP contribution in [0.15, 0.2) is 23.0 Å². The second-order valence-electron chi connectivity index (χ2n) is 4.62. The molecule has 1 aliphatic rings. The average Bonchev–Trinajstić information content (AvgIpc) is 2.98. The Morgan fingerprint density at radius 2 is 2.21 bits per heavy atom. The summed E-state index contributed by atoms with van der Waals surface area (Å²) in [4.78, 5) is 24.8. The SMILES string of the molecule is COC(=O)NCC1CCN(C(=O)c2ccoc2)CC1. The van der Waals surface area contributed by atoms with Crippen LogP contribution < -0.4 is 5.32 Å². The molecule has 1 aromatic heterocycles. The summed E-state index contributed by atoms with van der Waals surface area (Å²) in [5, 5.41) is 2.69. The molecular weight excluding hydrogens is 248 g/mol. The Morgan fingerprint density at radius 3 is 2.79 bits per heavy atom. The molecule has 19 heavy (non-hydrogen) atoms. The van der Waals surface area contributed by atoms with E-state index in [1.807, 2.05) is 4.90 Å². The summed E-state index contributed by atoms with van der Waals surface area (Å²) in [6.07, 6.45) is 4.33. The van der Waals surface area contributed by atoms with Crippen molar-refractivity contribution >= 4 is 12.0 Å². The number of carbonyl (C=O) groups is 2. The van der Waals surface area contributed by atoms with Crippen molar-refractivity contribution < 1.29 is 18.7 Å². The number of carbonyl (C=O) groups excluding carboxylic acids is 2. The molecule has 1 aliphatic heterocycles. The van der Waals surface area contributed by atoms with Crippen LogP contribution in [0.1, 0.15) is 23.2 Å². The topological polar surface area (TPSA) is 71.8 Å². The molecule has 0 bridgehead atoms. The van der Waals surface area contributed by atoms with E-state index in [9.17, 15) is 9.59 Å². The standard InChI is InChI=1S/C13H18N2O4/c1-18-13(17)14-8-10-2-5-15(6-3-10)12(16)11-4-7-19-9-11/h4,7,9-10H,2-3,5-6,8H2,1H3,(H,14,17). The molecule has 0 atom stereocenters. The van der Waals surface area contributed by atoms with Crippen LogP contribution in [0, 0.1) is 5.92 Å². The van der Waals surface area contributed by atoms with Gasteiger partial charge in [0.1, 0.15) is 6.26 Å². The van der Waals surface area contributed by atoms with E-state index in [1.165, 1.54) is 19.6 Å². The molecular formula is C13H18N2O4. The van der Waals surface area contributed by atoms with Gasteiger partial charge in [-0.25, -0.2) is 4.79 Å². The van der Waals surface area contributed by atoms with Gasteiger partial charge in [0.2, 0.25) is 0 Å². The molecule has 2 heterocycles. The zero-order valence-corrected chi connectivity index (χ0v) is 10.9. The smallest absolute Gasteiger partial charge is 0.406 e. The molecule has 0 unspecified atom stereocenters. The van der Waals surface area contributed by atoms with Crippen LogP contribution in [0.25, 0.3) is 0 Å². The van der Waals surface area contributed by atoms with E-state index in [-0.39, 0.29) is 5.91 Å². The molecule has 1 saturated heterocycles. The van der Waals surface area contributed by atoms with Crippen LogP contribution in [0.5, 0.6) is 0 Å². The first-order valence-corrected chi connectivity index (χ1v) is 6.34. The first-order valence-electron chi connectivity index (χ1n) is 6.34. The third-order valence-corrected chi connectivity index (χ3v) is 3.39. The number of furan rings is 1. The highest BCUT2D eigenvalue weighted by Crippen LogP contribution is 2.18. The normalized spacial score (nSPS) is 16.2. The van der Waals surface area contributed by atoms with Crippen LogP contribution in [0.2, 0.25) is 0 Å². The molecule has 1 fully saturated rings. The van der Waals surface area contributed by atoms with Gasteiger partial charge < -0.3 is 19.4 Å². The summed E-state index contributed by atoms with van der Waals surface area (Å²) in [5.41, 5.74) is 0.589. The van der Waals surface area contributed by atoms with Crippen LogP contribution in [0.3, 0.4) is 0 Å². The molecule has 0 radical (unpaired) electrons. The van der Waals surface area contributed by atoms with Crippen molar-refractivity contribution in [1.82, 2.24) is 10.2 Å². The van der Waals surface area contributed by atoms with Gasteiger partial charge in [0.05, 0.1) is 18.9 Å². The van der Waals surface area contributed by atoms with Gasteiger partial charge in [0, 0.05) is 19.6 Å². The molecule has 1 aromatic rings. The minimum absolute atomic E-state index is 0.00753. The molecule has 104 valence electrons. The number of ether oxygens (including phenoxy) is 1. The van der Waals surface area contributed by atoms with Crippen molar-refractivity contribution in [2.24, 2.45) is 5.92 Å². The van der Waals surface area contributed by atoms with Crippen LogP contribution in [0.4, 0.5) is 4.79 Å². The minimum Gasteiger partial charge on any atom is -0.472 e. The molecule has 1 N–H and O–H groups in total. The van der Waals surface area contributed by atoms with E-state index in [1.54, 1.807) is 6.07 Å². The Hall–Kier alpha value is -1.98. The number of nitrogens with one attached hydrogen (secondary N) is 1. The number of rotatable bonds is 3. The highest BCUT2D eigenvalue weighted by atomic mass is 16.5. The number of hydrogen-bond donors (Lipinski definition) is 1. The lowest BCUT2D eigenvalue weighted by Gasteiger charge is -2.31. The summed E-state index contributed by atoms with van der Waals surface area (Å²) in [5.74, 6) is 0.403. The number of nitrogens with zero attached hydrogens (tertiary/aromatic N) is 1. The van der Waals surface area contributed by atoms with Crippen molar-refractivity contribution in [3.8, 4) is 0 Å². The van der Waals surface area contributed by atoms with E-state index in [4.69, 9.17) is 4.42 Å². The predicted molar refractivity (Wildman–Crippen MR) is 67.7 cm³/mol. The molecule has 0 spiro atoms. The zero-order valence-electron chi connectivity index (χ0n) is 10.9. The van der Waals surface area contributed by atoms with Gasteiger partial charge >= 0.3 is 6.09 Å². The van der Waals surface area contributed by atoms with Gasteiger partial charge in [-0.05, 0) is 24.8 Å². The lowest BCUT2D eigenvalue weighted by atomic mass is 9.96. The first kappa shape index (κ1) is 13.5. The Kier molecular flexibility index (Phi) is 4.43. The maximum absolute atomic E-state index is 12.1. The maximum Gasteiger partial charge on any atom is 0.406 e. The molecule has 2 amide bonds. The monoisotopic (exact) mass is 266 g/mol. The fourth-order valence-corrected chi connectivity index (χ4v) is 2.21. The summed E-state index contributed by atoms with van der Waals surface area (Å²) in [6, 6.07) is 1.67. The average molecular weight is 266 g/mol. The Balaban J connectivity index is 1.76. The second-order valence-corrected chi connectivity index (χ2v) is 4.62. The van der Waals surface area contributed by atoms with E-state index in [2.05, 4.69) is 10.1 Å². The van der Waals surface area contributed by atoms with E-state index in [0.717, 1.165) is 12.8 Å². The number of piperidine rings is 1. The van der Waals surface area contributed by atoms with Gasteiger partial charge in [-0.2, -0.15) is 0 Å². The fourth-order valence-electron chi connectivity index (χ4n) is 2.21. The van der Waals surface area contributed by atoms with Crippen molar-refractivity contribution in [3.05, 3.63) is 24.2 Å². The number of methoxy groups -OCH3 is 1. The van der Waals surface area contributed by atoms with Gasteiger partial charge in [0.15, 0.2) is 0 Å². The van der Waals surface area contributed by atoms with Crippen molar-refractivity contribution in [3.63, 3.8) is 0 Å². The largest absolute Gasteiger partial charge is 0.472 e. The maximum atomic E-state index is 12.1. The zero-order chi connectivity index (χ0) is 13.7. The van der Waals surface area contributed by atoms with Gasteiger partial charge in [0.25, 0.3) is 5.91 Å². The Bertz CT molecular complexity index is 422. The van der Waals surface area contributed by atoms with Crippen LogP contribution in [-0.4, -0.2) is 43.6 Å². The molecule has 0 saturated carbocycles. The molecule has 0 aromatic carbocycles. The highest BCUT2D eigenvalue weighted by Gasteiger charge is 2.24. The summed E-state index contributed by atoms with van der Waals surface area (Å²) >= 11 is 0. The lowest BCUT2D eigenvalue weighted by Crippen LogP contribution is -2.41. The summed E-state index contributed by atoms with van der Waals surface area (Å²) < 4.78 is 9.44. The number of hydrogen-bond acceptors (Lipinski definition) is 4. The predicted octanol–water partition coefficient (Wildman–Crippen LogP) is 1.49. The Labute approximate surface area is 111 Å². The lowest BCUT2D eigenvalue weighted by molar-refractivity contribution is 0.0687. The summed E-state index contributed by atoms with van der Waals surface area (Å²) in [6.45, 7) is 2.01. The van der Waals surface area contributed by atoms with E-state index < -0.39 is 6.09 Å². The molecule has 6 nitrogen and oxygen atoms in total. The van der Waals surface area contributed by atoms with Crippen LogP contribution in [-0.2, 0) is 4.74 Å². The van der Waals surface area contributed by atoms with Crippen LogP contribution >= 0.6 is 0 Å². The highest BCUT2D eigenvalue weighted by molar-refractivity contribution is 5.93. The fraction of sp³-hybridized carbons (Fsp3) is 0.538. The first-order chi connectivity index (χ1) is 9.20. The van der Waals surface area contributed by atoms with Gasteiger partial charge in [-0.3, -0.25) is 4.79 Å². The van der Waals surface area contributed by atoms with E-state index >= 15 is 0 Å².